The third kappa shape index (κ3) is 3.64. The fourth-order valence-corrected chi connectivity index (χ4v) is 2.76. The Labute approximate surface area is 131 Å². The summed E-state index contributed by atoms with van der Waals surface area (Å²) in [7, 11) is 0. The second-order valence-corrected chi connectivity index (χ2v) is 5.64. The molecule has 4 nitrogen and oxygen atoms in total. The Morgan fingerprint density at radius 3 is 2.73 bits per heavy atom. The van der Waals surface area contributed by atoms with Crippen LogP contribution in [0, 0.1) is 0 Å². The van der Waals surface area contributed by atoms with E-state index in [1.54, 1.807) is 0 Å². The zero-order valence-electron chi connectivity index (χ0n) is 12.8. The first kappa shape index (κ1) is 14.6. The van der Waals surface area contributed by atoms with E-state index in [0.29, 0.717) is 12.5 Å². The number of nitrogens with zero attached hydrogens (tertiary/aromatic N) is 3. The molecular weight excluding hydrogens is 272 g/mol. The van der Waals surface area contributed by atoms with E-state index in [1.165, 1.54) is 19.3 Å². The summed E-state index contributed by atoms with van der Waals surface area (Å²) in [4.78, 5) is 11.1. The van der Waals surface area contributed by atoms with Crippen LogP contribution in [0.25, 0.3) is 11.3 Å². The van der Waals surface area contributed by atoms with Gasteiger partial charge in [0.05, 0.1) is 12.2 Å². The molecule has 0 aliphatic carbocycles. The molecule has 0 amide bonds. The lowest BCUT2D eigenvalue weighted by atomic mass is 10.1. The molecule has 2 heterocycles. The molecule has 4 heteroatoms. The van der Waals surface area contributed by atoms with Gasteiger partial charge in [-0.3, -0.25) is 4.98 Å². The first-order valence-corrected chi connectivity index (χ1v) is 7.88. The number of guanidine groups is 1. The van der Waals surface area contributed by atoms with Crippen molar-refractivity contribution in [2.24, 2.45) is 10.7 Å². The Hall–Kier alpha value is -2.36. The molecule has 114 valence electrons. The van der Waals surface area contributed by atoms with Gasteiger partial charge < -0.3 is 10.6 Å². The van der Waals surface area contributed by atoms with Crippen LogP contribution in [0.4, 0.5) is 0 Å². The molecular formula is C18H22N4. The van der Waals surface area contributed by atoms with Crippen LogP contribution in [-0.4, -0.2) is 28.9 Å². The molecule has 0 bridgehead atoms. The van der Waals surface area contributed by atoms with Gasteiger partial charge >= 0.3 is 0 Å². The number of aliphatic imine (C=N–C) groups is 1. The van der Waals surface area contributed by atoms with Crippen molar-refractivity contribution in [2.75, 3.05) is 13.1 Å². The quantitative estimate of drug-likeness (QED) is 0.699. The van der Waals surface area contributed by atoms with Crippen molar-refractivity contribution in [3.8, 4) is 11.3 Å². The molecule has 0 radical (unpaired) electrons. The maximum Gasteiger partial charge on any atom is 0.191 e. The SMILES string of the molecule is NC(=NCc1cccc(-c2ccccn2)c1)N1CCCCC1. The fraction of sp³-hybridized carbons (Fsp3) is 0.333. The van der Waals surface area contributed by atoms with Crippen LogP contribution < -0.4 is 5.73 Å². The van der Waals surface area contributed by atoms with Crippen LogP contribution in [0.1, 0.15) is 24.8 Å². The van der Waals surface area contributed by atoms with Gasteiger partial charge in [0.2, 0.25) is 0 Å². The normalized spacial score (nSPS) is 15.8. The van der Waals surface area contributed by atoms with Gasteiger partial charge in [0.25, 0.3) is 0 Å². The summed E-state index contributed by atoms with van der Waals surface area (Å²) in [5.74, 6) is 0.669. The van der Waals surface area contributed by atoms with E-state index < -0.39 is 0 Å². The molecule has 22 heavy (non-hydrogen) atoms. The molecule has 1 aliphatic heterocycles. The highest BCUT2D eigenvalue weighted by molar-refractivity contribution is 5.78. The number of aromatic nitrogens is 1. The van der Waals surface area contributed by atoms with E-state index in [2.05, 4.69) is 33.1 Å². The first-order chi connectivity index (χ1) is 10.8. The lowest BCUT2D eigenvalue weighted by Crippen LogP contribution is -2.40. The van der Waals surface area contributed by atoms with E-state index in [0.717, 1.165) is 29.9 Å². The largest absolute Gasteiger partial charge is 0.370 e. The van der Waals surface area contributed by atoms with Crippen LogP contribution >= 0.6 is 0 Å². The average molecular weight is 294 g/mol. The van der Waals surface area contributed by atoms with Crippen molar-refractivity contribution >= 4 is 5.96 Å². The van der Waals surface area contributed by atoms with Gasteiger partial charge in [0, 0.05) is 24.8 Å². The first-order valence-electron chi connectivity index (χ1n) is 7.88. The molecule has 1 fully saturated rings. The van der Waals surface area contributed by atoms with Gasteiger partial charge in [0.15, 0.2) is 5.96 Å². The Morgan fingerprint density at radius 2 is 1.95 bits per heavy atom. The van der Waals surface area contributed by atoms with Crippen molar-refractivity contribution < 1.29 is 0 Å². The third-order valence-corrected chi connectivity index (χ3v) is 3.99. The highest BCUT2D eigenvalue weighted by atomic mass is 15.2. The number of pyridine rings is 1. The van der Waals surface area contributed by atoms with Crippen molar-refractivity contribution in [1.29, 1.82) is 0 Å². The minimum absolute atomic E-state index is 0.614. The van der Waals surface area contributed by atoms with Crippen LogP contribution in [0.3, 0.4) is 0 Å². The fourth-order valence-electron chi connectivity index (χ4n) is 2.76. The Kier molecular flexibility index (Phi) is 4.68. The van der Waals surface area contributed by atoms with E-state index >= 15 is 0 Å². The van der Waals surface area contributed by atoms with E-state index in [-0.39, 0.29) is 0 Å². The third-order valence-electron chi connectivity index (χ3n) is 3.99. The number of nitrogens with two attached hydrogens (primary N) is 1. The summed E-state index contributed by atoms with van der Waals surface area (Å²) in [6.07, 6.45) is 5.54. The zero-order valence-corrected chi connectivity index (χ0v) is 12.8. The number of likely N-dealkylation sites (tertiary alicyclic amines) is 1. The van der Waals surface area contributed by atoms with Gasteiger partial charge in [-0.2, -0.15) is 0 Å². The molecule has 2 N–H and O–H groups in total. The van der Waals surface area contributed by atoms with Gasteiger partial charge in [-0.05, 0) is 43.0 Å². The van der Waals surface area contributed by atoms with Gasteiger partial charge in [-0.1, -0.05) is 24.3 Å². The van der Waals surface area contributed by atoms with Crippen LogP contribution in [0.15, 0.2) is 53.7 Å². The minimum Gasteiger partial charge on any atom is -0.370 e. The van der Waals surface area contributed by atoms with Gasteiger partial charge in [0.1, 0.15) is 0 Å². The Morgan fingerprint density at radius 1 is 1.09 bits per heavy atom. The van der Waals surface area contributed by atoms with E-state index in [9.17, 15) is 0 Å². The average Bonchev–Trinajstić information content (AvgIpc) is 2.61. The lowest BCUT2D eigenvalue weighted by molar-refractivity contribution is 0.338. The van der Waals surface area contributed by atoms with E-state index in [4.69, 9.17) is 5.73 Å². The molecule has 0 spiro atoms. The minimum atomic E-state index is 0.614. The maximum atomic E-state index is 6.11. The number of hydrogen-bond acceptors (Lipinski definition) is 2. The summed E-state index contributed by atoms with van der Waals surface area (Å²) in [6, 6.07) is 14.3. The molecule has 1 aliphatic rings. The number of benzene rings is 1. The highest BCUT2D eigenvalue weighted by Crippen LogP contribution is 2.18. The summed E-state index contributed by atoms with van der Waals surface area (Å²) >= 11 is 0. The van der Waals surface area contributed by atoms with Crippen LogP contribution in [0.2, 0.25) is 0 Å². The predicted molar refractivity (Wildman–Crippen MR) is 90.4 cm³/mol. The molecule has 0 unspecified atom stereocenters. The van der Waals surface area contributed by atoms with Crippen molar-refractivity contribution in [3.05, 3.63) is 54.2 Å². The summed E-state index contributed by atoms with van der Waals surface area (Å²) < 4.78 is 0. The van der Waals surface area contributed by atoms with E-state index in [1.807, 2.05) is 30.5 Å². The molecule has 0 atom stereocenters. The molecule has 1 aromatic heterocycles. The Balaban J connectivity index is 1.70. The zero-order chi connectivity index (χ0) is 15.2. The molecule has 1 aromatic carbocycles. The summed E-state index contributed by atoms with van der Waals surface area (Å²) in [5, 5.41) is 0. The highest BCUT2D eigenvalue weighted by Gasteiger charge is 2.11. The predicted octanol–water partition coefficient (Wildman–Crippen LogP) is 3.05. The maximum absolute atomic E-state index is 6.11. The van der Waals surface area contributed by atoms with Gasteiger partial charge in [-0.25, -0.2) is 4.99 Å². The molecule has 0 saturated carbocycles. The summed E-state index contributed by atoms with van der Waals surface area (Å²) in [5.41, 5.74) is 9.36. The lowest BCUT2D eigenvalue weighted by Gasteiger charge is -2.27. The van der Waals surface area contributed by atoms with Crippen LogP contribution in [0.5, 0.6) is 0 Å². The molecule has 3 rings (SSSR count). The molecule has 2 aromatic rings. The topological polar surface area (TPSA) is 54.5 Å². The second-order valence-electron chi connectivity index (χ2n) is 5.64. The summed E-state index contributed by atoms with van der Waals surface area (Å²) in [6.45, 7) is 2.68. The van der Waals surface area contributed by atoms with Crippen molar-refractivity contribution in [3.63, 3.8) is 0 Å². The Bertz CT molecular complexity index is 631. The smallest absolute Gasteiger partial charge is 0.191 e. The standard InChI is InChI=1S/C18H22N4/c19-18(22-11-4-1-5-12-22)21-14-15-7-6-8-16(13-15)17-9-2-3-10-20-17/h2-3,6-10,13H,1,4-5,11-12,14H2,(H2,19,21). The van der Waals surface area contributed by atoms with Crippen molar-refractivity contribution in [1.82, 2.24) is 9.88 Å². The molecule has 1 saturated heterocycles. The number of hydrogen-bond donors (Lipinski definition) is 1. The second kappa shape index (κ2) is 7.07. The van der Waals surface area contributed by atoms with Gasteiger partial charge in [-0.15, -0.1) is 0 Å². The number of piperidine rings is 1. The monoisotopic (exact) mass is 294 g/mol. The van der Waals surface area contributed by atoms with Crippen molar-refractivity contribution in [2.45, 2.75) is 25.8 Å². The number of rotatable bonds is 3. The van der Waals surface area contributed by atoms with Crippen LogP contribution in [-0.2, 0) is 6.54 Å².